The van der Waals surface area contributed by atoms with Gasteiger partial charge in [-0.05, 0) is 23.3 Å². The van der Waals surface area contributed by atoms with Crippen molar-refractivity contribution in [1.29, 1.82) is 0 Å². The summed E-state index contributed by atoms with van der Waals surface area (Å²) in [6.07, 6.45) is 0.865. The molecule has 4 heteroatoms. The van der Waals surface area contributed by atoms with Gasteiger partial charge in [-0.3, -0.25) is 4.79 Å². The maximum absolute atomic E-state index is 11.0. The summed E-state index contributed by atoms with van der Waals surface area (Å²) in [5.41, 5.74) is 7.35. The second-order valence-corrected chi connectivity index (χ2v) is 5.11. The van der Waals surface area contributed by atoms with Crippen molar-refractivity contribution in [2.45, 2.75) is 19.4 Å². The molecule has 2 aromatic rings. The van der Waals surface area contributed by atoms with Crippen molar-refractivity contribution in [3.8, 4) is 0 Å². The molecule has 2 N–H and O–H groups in total. The highest BCUT2D eigenvalue weighted by Crippen LogP contribution is 2.24. The molecule has 2 aromatic carbocycles. The van der Waals surface area contributed by atoms with Gasteiger partial charge in [0.1, 0.15) is 0 Å². The van der Waals surface area contributed by atoms with E-state index >= 15 is 0 Å². The molecule has 1 aliphatic rings. The van der Waals surface area contributed by atoms with Crippen LogP contribution >= 0.6 is 0 Å². The number of carbonyl (C=O) groups is 1. The van der Waals surface area contributed by atoms with Crippen LogP contribution in [0.5, 0.6) is 0 Å². The van der Waals surface area contributed by atoms with Crippen LogP contribution < -0.4 is 10.7 Å². The van der Waals surface area contributed by atoms with E-state index in [1.54, 1.807) is 0 Å². The smallest absolute Gasteiger partial charge is 0.221 e. The SMILES string of the molecule is CC(=O)Nc1ccc(C2=NN[C@@H](c3ccccc3)C2)cc1. The van der Waals surface area contributed by atoms with Crippen molar-refractivity contribution in [2.75, 3.05) is 5.32 Å². The van der Waals surface area contributed by atoms with Gasteiger partial charge in [0, 0.05) is 19.0 Å². The van der Waals surface area contributed by atoms with E-state index in [-0.39, 0.29) is 11.9 Å². The monoisotopic (exact) mass is 279 g/mol. The number of hydrazone groups is 1. The summed E-state index contributed by atoms with van der Waals surface area (Å²) >= 11 is 0. The molecule has 4 nitrogen and oxygen atoms in total. The van der Waals surface area contributed by atoms with Crippen LogP contribution in [0.4, 0.5) is 5.69 Å². The fourth-order valence-corrected chi connectivity index (χ4v) is 2.45. The zero-order chi connectivity index (χ0) is 14.7. The van der Waals surface area contributed by atoms with Gasteiger partial charge in [0.05, 0.1) is 11.8 Å². The third-order valence-electron chi connectivity index (χ3n) is 3.49. The summed E-state index contributed by atoms with van der Waals surface area (Å²) in [6, 6.07) is 18.3. The third-order valence-corrected chi connectivity index (χ3v) is 3.49. The number of amides is 1. The Hall–Kier alpha value is -2.62. The van der Waals surface area contributed by atoms with Crippen molar-refractivity contribution >= 4 is 17.3 Å². The summed E-state index contributed by atoms with van der Waals surface area (Å²) in [6.45, 7) is 1.50. The minimum absolute atomic E-state index is 0.0632. The first-order chi connectivity index (χ1) is 10.2. The quantitative estimate of drug-likeness (QED) is 0.907. The number of hydrogen-bond acceptors (Lipinski definition) is 3. The fourth-order valence-electron chi connectivity index (χ4n) is 2.45. The molecule has 1 atom stereocenters. The Bertz CT molecular complexity index is 662. The summed E-state index contributed by atoms with van der Waals surface area (Å²) in [7, 11) is 0. The zero-order valence-corrected chi connectivity index (χ0v) is 11.8. The Kier molecular flexibility index (Phi) is 3.69. The highest BCUT2D eigenvalue weighted by molar-refractivity contribution is 6.02. The Labute approximate surface area is 123 Å². The van der Waals surface area contributed by atoms with Gasteiger partial charge in [-0.25, -0.2) is 0 Å². The molecular formula is C17H17N3O. The Morgan fingerprint density at radius 3 is 2.52 bits per heavy atom. The molecular weight excluding hydrogens is 262 g/mol. The first-order valence-electron chi connectivity index (χ1n) is 6.97. The number of benzene rings is 2. The Morgan fingerprint density at radius 1 is 1.14 bits per heavy atom. The summed E-state index contributed by atoms with van der Waals surface area (Å²) < 4.78 is 0. The van der Waals surface area contributed by atoms with Crippen molar-refractivity contribution < 1.29 is 4.79 Å². The van der Waals surface area contributed by atoms with Gasteiger partial charge in [-0.2, -0.15) is 5.10 Å². The minimum Gasteiger partial charge on any atom is -0.326 e. The van der Waals surface area contributed by atoms with E-state index in [0.717, 1.165) is 23.4 Å². The number of hydrogen-bond donors (Lipinski definition) is 2. The average molecular weight is 279 g/mol. The van der Waals surface area contributed by atoms with Gasteiger partial charge in [-0.15, -0.1) is 0 Å². The van der Waals surface area contributed by atoms with Crippen molar-refractivity contribution in [3.05, 3.63) is 65.7 Å². The molecule has 0 spiro atoms. The van der Waals surface area contributed by atoms with Crippen LogP contribution in [0.25, 0.3) is 0 Å². The molecule has 0 unspecified atom stereocenters. The molecule has 1 aliphatic heterocycles. The molecule has 0 radical (unpaired) electrons. The van der Waals surface area contributed by atoms with E-state index in [4.69, 9.17) is 0 Å². The summed E-state index contributed by atoms with van der Waals surface area (Å²) in [4.78, 5) is 11.0. The van der Waals surface area contributed by atoms with Gasteiger partial charge in [0.15, 0.2) is 0 Å². The molecule has 1 heterocycles. The molecule has 0 saturated carbocycles. The van der Waals surface area contributed by atoms with E-state index in [2.05, 4.69) is 28.0 Å². The molecule has 3 rings (SSSR count). The van der Waals surface area contributed by atoms with E-state index in [9.17, 15) is 4.79 Å². The first kappa shape index (κ1) is 13.4. The minimum atomic E-state index is -0.0632. The van der Waals surface area contributed by atoms with Gasteiger partial charge < -0.3 is 10.7 Å². The maximum atomic E-state index is 11.0. The predicted molar refractivity (Wildman–Crippen MR) is 84.2 cm³/mol. The van der Waals surface area contributed by atoms with E-state index in [1.165, 1.54) is 12.5 Å². The first-order valence-corrected chi connectivity index (χ1v) is 6.97. The van der Waals surface area contributed by atoms with Crippen LogP contribution in [0.2, 0.25) is 0 Å². The number of carbonyl (C=O) groups excluding carboxylic acids is 1. The normalized spacial score (nSPS) is 17.0. The topological polar surface area (TPSA) is 53.5 Å². The number of nitrogens with one attached hydrogen (secondary N) is 2. The molecule has 106 valence electrons. The van der Waals surface area contributed by atoms with Crippen LogP contribution in [-0.4, -0.2) is 11.6 Å². The average Bonchev–Trinajstić information content (AvgIpc) is 2.98. The Balaban J connectivity index is 1.70. The van der Waals surface area contributed by atoms with Gasteiger partial charge in [0.2, 0.25) is 5.91 Å². The largest absolute Gasteiger partial charge is 0.326 e. The van der Waals surface area contributed by atoms with Crippen LogP contribution in [0.1, 0.15) is 30.5 Å². The van der Waals surface area contributed by atoms with Crippen LogP contribution in [0.15, 0.2) is 59.7 Å². The van der Waals surface area contributed by atoms with Crippen LogP contribution in [0.3, 0.4) is 0 Å². The van der Waals surface area contributed by atoms with E-state index < -0.39 is 0 Å². The van der Waals surface area contributed by atoms with Crippen molar-refractivity contribution in [2.24, 2.45) is 5.10 Å². The van der Waals surface area contributed by atoms with Gasteiger partial charge in [0.25, 0.3) is 0 Å². The van der Waals surface area contributed by atoms with E-state index in [1.807, 2.05) is 42.5 Å². The summed E-state index contributed by atoms with van der Waals surface area (Å²) in [5, 5.41) is 7.20. The molecule has 0 aliphatic carbocycles. The Morgan fingerprint density at radius 2 is 1.86 bits per heavy atom. The maximum Gasteiger partial charge on any atom is 0.221 e. The van der Waals surface area contributed by atoms with Gasteiger partial charge >= 0.3 is 0 Å². The van der Waals surface area contributed by atoms with Gasteiger partial charge in [-0.1, -0.05) is 42.5 Å². The summed E-state index contributed by atoms with van der Waals surface area (Å²) in [5.74, 6) is -0.0632. The third kappa shape index (κ3) is 3.11. The van der Waals surface area contributed by atoms with Crippen molar-refractivity contribution in [3.63, 3.8) is 0 Å². The molecule has 1 amide bonds. The standard InChI is InChI=1S/C17H17N3O/c1-12(21)18-15-9-7-14(8-10-15)17-11-16(19-20-17)13-5-3-2-4-6-13/h2-10,16,19H,11H2,1H3,(H,18,21)/t16-/m1/s1. The second-order valence-electron chi connectivity index (χ2n) is 5.11. The molecule has 0 saturated heterocycles. The number of rotatable bonds is 3. The number of nitrogens with zero attached hydrogens (tertiary/aromatic N) is 1. The van der Waals surface area contributed by atoms with Crippen molar-refractivity contribution in [1.82, 2.24) is 5.43 Å². The highest BCUT2D eigenvalue weighted by atomic mass is 16.1. The zero-order valence-electron chi connectivity index (χ0n) is 11.8. The lowest BCUT2D eigenvalue weighted by Gasteiger charge is -2.09. The van der Waals surface area contributed by atoms with E-state index in [0.29, 0.717) is 0 Å². The predicted octanol–water partition coefficient (Wildman–Crippen LogP) is 3.08. The van der Waals surface area contributed by atoms with Crippen LogP contribution in [-0.2, 0) is 4.79 Å². The lowest BCUT2D eigenvalue weighted by atomic mass is 9.99. The fraction of sp³-hybridized carbons (Fsp3) is 0.176. The van der Waals surface area contributed by atoms with Crippen LogP contribution in [0, 0.1) is 0 Å². The molecule has 0 bridgehead atoms. The molecule has 0 aromatic heterocycles. The molecule has 0 fully saturated rings. The lowest BCUT2D eigenvalue weighted by Crippen LogP contribution is -2.09. The second kappa shape index (κ2) is 5.79. The lowest BCUT2D eigenvalue weighted by molar-refractivity contribution is -0.114. The molecule has 21 heavy (non-hydrogen) atoms. The number of anilines is 1. The highest BCUT2D eigenvalue weighted by Gasteiger charge is 2.20.